The highest BCUT2D eigenvalue weighted by Gasteiger charge is 2.23. The van der Waals surface area contributed by atoms with Crippen molar-refractivity contribution in [1.29, 1.82) is 0 Å². The Bertz CT molecular complexity index is 521. The molecule has 0 aromatic carbocycles. The normalized spacial score (nSPS) is 12.2. The average Bonchev–Trinajstić information content (AvgIpc) is 2.84. The Hall–Kier alpha value is -0.690. The van der Waals surface area contributed by atoms with Gasteiger partial charge in [-0.15, -0.1) is 17.9 Å². The first-order valence-electron chi connectivity index (χ1n) is 6.85. The van der Waals surface area contributed by atoms with Crippen molar-refractivity contribution in [3.05, 3.63) is 29.7 Å². The minimum Gasteiger partial charge on any atom is -0.314 e. The molecule has 0 aliphatic carbocycles. The van der Waals surface area contributed by atoms with Crippen LogP contribution in [0.2, 0.25) is 0 Å². The van der Waals surface area contributed by atoms with Crippen molar-refractivity contribution in [3.8, 4) is 0 Å². The van der Waals surface area contributed by atoms with Crippen LogP contribution in [0.5, 0.6) is 0 Å². The minimum atomic E-state index is -3.37. The van der Waals surface area contributed by atoms with E-state index >= 15 is 0 Å². The molecule has 0 bridgehead atoms. The van der Waals surface area contributed by atoms with Gasteiger partial charge >= 0.3 is 0 Å². The molecule has 0 amide bonds. The van der Waals surface area contributed by atoms with Crippen LogP contribution in [0.1, 0.15) is 25.6 Å². The molecule has 0 saturated carbocycles. The van der Waals surface area contributed by atoms with Crippen molar-refractivity contribution >= 4 is 21.4 Å². The highest BCUT2D eigenvalue weighted by Crippen LogP contribution is 2.25. The maximum atomic E-state index is 12.4. The number of hydrogen-bond donors (Lipinski definition) is 1. The first kappa shape index (κ1) is 17.4. The summed E-state index contributed by atoms with van der Waals surface area (Å²) in [4.78, 5) is 1.09. The van der Waals surface area contributed by atoms with Gasteiger partial charge in [0.15, 0.2) is 0 Å². The number of likely N-dealkylation sites (N-methyl/N-ethyl adjacent to an activating group) is 1. The summed E-state index contributed by atoms with van der Waals surface area (Å²) >= 11 is 1.36. The van der Waals surface area contributed by atoms with E-state index in [1.165, 1.54) is 15.6 Å². The number of thiophene rings is 1. The number of rotatable bonds is 9. The Kier molecular flexibility index (Phi) is 6.88. The van der Waals surface area contributed by atoms with Gasteiger partial charge in [-0.1, -0.05) is 26.8 Å². The summed E-state index contributed by atoms with van der Waals surface area (Å²) in [6.45, 7) is 11.3. The molecular weight excluding hydrogens is 292 g/mol. The lowest BCUT2D eigenvalue weighted by atomic mass is 10.3. The van der Waals surface area contributed by atoms with Crippen LogP contribution in [0, 0.1) is 0 Å². The smallest absolute Gasteiger partial charge is 0.252 e. The van der Waals surface area contributed by atoms with Gasteiger partial charge < -0.3 is 5.32 Å². The van der Waals surface area contributed by atoms with Gasteiger partial charge in [-0.25, -0.2) is 8.42 Å². The molecule has 1 heterocycles. The van der Waals surface area contributed by atoms with Gasteiger partial charge in [0.25, 0.3) is 10.0 Å². The summed E-state index contributed by atoms with van der Waals surface area (Å²) in [6.07, 6.45) is 2.47. The summed E-state index contributed by atoms with van der Waals surface area (Å²) < 4.78 is 26.7. The van der Waals surface area contributed by atoms with Gasteiger partial charge in [0.05, 0.1) is 0 Å². The fourth-order valence-electron chi connectivity index (χ4n) is 1.78. The standard InChI is InChI=1S/C14H24N2O2S2/c1-5-11-16(6-2)20(17,18)14-8-7-13(19-14)9-10-15-12(3)4/h5,7-8,12,15H,1,6,9-11H2,2-4H3. The second kappa shape index (κ2) is 7.93. The third-order valence-electron chi connectivity index (χ3n) is 2.84. The maximum absolute atomic E-state index is 12.4. The van der Waals surface area contributed by atoms with Gasteiger partial charge in [0.1, 0.15) is 4.21 Å². The molecule has 0 aliphatic rings. The predicted molar refractivity (Wildman–Crippen MR) is 85.8 cm³/mol. The Morgan fingerprint density at radius 2 is 2.15 bits per heavy atom. The van der Waals surface area contributed by atoms with E-state index < -0.39 is 10.0 Å². The number of sulfonamides is 1. The molecule has 0 spiro atoms. The van der Waals surface area contributed by atoms with E-state index in [0.29, 0.717) is 23.3 Å². The molecule has 114 valence electrons. The molecule has 20 heavy (non-hydrogen) atoms. The van der Waals surface area contributed by atoms with Crippen LogP contribution < -0.4 is 5.32 Å². The molecule has 6 heteroatoms. The zero-order chi connectivity index (χ0) is 15.2. The Labute approximate surface area is 126 Å². The molecule has 1 aromatic rings. The van der Waals surface area contributed by atoms with Crippen LogP contribution in [0.15, 0.2) is 29.0 Å². The number of nitrogens with zero attached hydrogens (tertiary/aromatic N) is 1. The molecule has 0 radical (unpaired) electrons. The Morgan fingerprint density at radius 3 is 2.70 bits per heavy atom. The van der Waals surface area contributed by atoms with Crippen molar-refractivity contribution in [2.75, 3.05) is 19.6 Å². The molecule has 4 nitrogen and oxygen atoms in total. The Balaban J connectivity index is 2.76. The average molecular weight is 316 g/mol. The third-order valence-corrected chi connectivity index (χ3v) is 6.39. The molecule has 0 saturated heterocycles. The number of nitrogens with one attached hydrogen (secondary N) is 1. The van der Waals surface area contributed by atoms with Crippen molar-refractivity contribution in [2.45, 2.75) is 37.4 Å². The van der Waals surface area contributed by atoms with Gasteiger partial charge in [0.2, 0.25) is 0 Å². The van der Waals surface area contributed by atoms with Crippen LogP contribution in [0.4, 0.5) is 0 Å². The minimum absolute atomic E-state index is 0.348. The van der Waals surface area contributed by atoms with E-state index in [4.69, 9.17) is 0 Å². The molecule has 0 fully saturated rings. The van der Waals surface area contributed by atoms with E-state index in [0.717, 1.165) is 17.8 Å². The van der Waals surface area contributed by atoms with Crippen molar-refractivity contribution in [3.63, 3.8) is 0 Å². The van der Waals surface area contributed by atoms with Crippen LogP contribution >= 0.6 is 11.3 Å². The van der Waals surface area contributed by atoms with Gasteiger partial charge in [-0.05, 0) is 18.6 Å². The molecule has 1 aromatic heterocycles. The molecule has 1 N–H and O–H groups in total. The quantitative estimate of drug-likeness (QED) is 0.712. The lowest BCUT2D eigenvalue weighted by Gasteiger charge is -2.17. The second-order valence-corrected chi connectivity index (χ2v) is 8.16. The molecule has 0 atom stereocenters. The fraction of sp³-hybridized carbons (Fsp3) is 0.571. The van der Waals surface area contributed by atoms with E-state index in [2.05, 4.69) is 25.7 Å². The van der Waals surface area contributed by atoms with Crippen molar-refractivity contribution in [1.82, 2.24) is 9.62 Å². The highest BCUT2D eigenvalue weighted by atomic mass is 32.2. The molecule has 0 unspecified atom stereocenters. The largest absolute Gasteiger partial charge is 0.314 e. The summed E-state index contributed by atoms with van der Waals surface area (Å²) in [5, 5.41) is 3.33. The first-order chi connectivity index (χ1) is 9.41. The summed E-state index contributed by atoms with van der Waals surface area (Å²) in [7, 11) is -3.37. The highest BCUT2D eigenvalue weighted by molar-refractivity contribution is 7.91. The van der Waals surface area contributed by atoms with Crippen LogP contribution in [-0.2, 0) is 16.4 Å². The lowest BCUT2D eigenvalue weighted by molar-refractivity contribution is 0.461. The lowest BCUT2D eigenvalue weighted by Crippen LogP contribution is -2.30. The van der Waals surface area contributed by atoms with Gasteiger partial charge in [0, 0.05) is 30.6 Å². The van der Waals surface area contributed by atoms with E-state index in [1.54, 1.807) is 12.1 Å². The topological polar surface area (TPSA) is 49.4 Å². The molecule has 1 rings (SSSR count). The van der Waals surface area contributed by atoms with E-state index in [1.807, 2.05) is 13.0 Å². The zero-order valence-electron chi connectivity index (χ0n) is 12.4. The summed E-state index contributed by atoms with van der Waals surface area (Å²) in [6, 6.07) is 4.05. The zero-order valence-corrected chi connectivity index (χ0v) is 14.1. The predicted octanol–water partition coefficient (Wildman–Crippen LogP) is 2.49. The van der Waals surface area contributed by atoms with Crippen LogP contribution in [0.25, 0.3) is 0 Å². The monoisotopic (exact) mass is 316 g/mol. The van der Waals surface area contributed by atoms with E-state index in [9.17, 15) is 8.42 Å². The van der Waals surface area contributed by atoms with Gasteiger partial charge in [-0.3, -0.25) is 0 Å². The maximum Gasteiger partial charge on any atom is 0.252 e. The van der Waals surface area contributed by atoms with Gasteiger partial charge in [-0.2, -0.15) is 4.31 Å². The van der Waals surface area contributed by atoms with Crippen LogP contribution in [0.3, 0.4) is 0 Å². The van der Waals surface area contributed by atoms with Crippen molar-refractivity contribution in [2.24, 2.45) is 0 Å². The molecular formula is C14H24N2O2S2. The first-order valence-corrected chi connectivity index (χ1v) is 9.10. The second-order valence-electron chi connectivity index (χ2n) is 4.82. The SMILES string of the molecule is C=CCN(CC)S(=O)(=O)c1ccc(CCNC(C)C)s1. The molecule has 0 aliphatic heterocycles. The third kappa shape index (κ3) is 4.70. The van der Waals surface area contributed by atoms with Crippen molar-refractivity contribution < 1.29 is 8.42 Å². The summed E-state index contributed by atoms with van der Waals surface area (Å²) in [5.41, 5.74) is 0. The van der Waals surface area contributed by atoms with E-state index in [-0.39, 0.29) is 0 Å². The van der Waals surface area contributed by atoms with Crippen LogP contribution in [-0.4, -0.2) is 38.4 Å². The Morgan fingerprint density at radius 1 is 1.45 bits per heavy atom. The summed E-state index contributed by atoms with van der Waals surface area (Å²) in [5.74, 6) is 0. The number of hydrogen-bond acceptors (Lipinski definition) is 4. The fourth-order valence-corrected chi connectivity index (χ4v) is 4.71.